The van der Waals surface area contributed by atoms with Gasteiger partial charge in [0.1, 0.15) is 0 Å². The summed E-state index contributed by atoms with van der Waals surface area (Å²) in [4.78, 5) is 18.1. The van der Waals surface area contributed by atoms with Gasteiger partial charge in [0.2, 0.25) is 5.91 Å². The quantitative estimate of drug-likeness (QED) is 0.834. The first-order valence-electron chi connectivity index (χ1n) is 6.10. The molecule has 0 spiro atoms. The Morgan fingerprint density at radius 3 is 2.82 bits per heavy atom. The molecule has 0 aliphatic carbocycles. The van der Waals surface area contributed by atoms with E-state index in [1.165, 1.54) is 0 Å². The van der Waals surface area contributed by atoms with Crippen LogP contribution < -0.4 is 5.32 Å². The molecule has 4 nitrogen and oxygen atoms in total. The van der Waals surface area contributed by atoms with Gasteiger partial charge in [-0.1, -0.05) is 0 Å². The summed E-state index contributed by atoms with van der Waals surface area (Å²) in [6.45, 7) is 5.56. The van der Waals surface area contributed by atoms with E-state index in [1.807, 2.05) is 24.0 Å². The largest absolute Gasteiger partial charge is 0.337 e. The maximum absolute atomic E-state index is 12.1. The van der Waals surface area contributed by atoms with Gasteiger partial charge in [-0.15, -0.1) is 0 Å². The van der Waals surface area contributed by atoms with Crippen LogP contribution in [0.25, 0.3) is 0 Å². The lowest BCUT2D eigenvalue weighted by Crippen LogP contribution is -2.42. The van der Waals surface area contributed by atoms with Crippen LogP contribution in [0.4, 0.5) is 0 Å². The Bertz CT molecular complexity index is 380. The van der Waals surface area contributed by atoms with Gasteiger partial charge in [-0.2, -0.15) is 0 Å². The fraction of sp³-hybridized carbons (Fsp3) is 0.538. The first-order chi connectivity index (χ1) is 8.16. The maximum Gasteiger partial charge on any atom is 0.239 e. The Morgan fingerprint density at radius 2 is 2.12 bits per heavy atom. The average molecular weight is 233 g/mol. The topological polar surface area (TPSA) is 45.2 Å². The molecule has 1 amide bonds. The number of carbonyl (C=O) groups excluding carboxylic acids is 1. The Morgan fingerprint density at radius 1 is 1.41 bits per heavy atom. The molecule has 2 atom stereocenters. The lowest BCUT2D eigenvalue weighted by Gasteiger charge is -2.22. The van der Waals surface area contributed by atoms with E-state index in [4.69, 9.17) is 0 Å². The van der Waals surface area contributed by atoms with E-state index in [-0.39, 0.29) is 11.9 Å². The summed E-state index contributed by atoms with van der Waals surface area (Å²) in [5.74, 6) is 0.186. The van der Waals surface area contributed by atoms with Crippen molar-refractivity contribution in [2.45, 2.75) is 38.9 Å². The number of rotatable bonds is 2. The van der Waals surface area contributed by atoms with Crippen LogP contribution in [0.1, 0.15) is 25.8 Å². The van der Waals surface area contributed by atoms with E-state index in [2.05, 4.69) is 17.2 Å². The van der Waals surface area contributed by atoms with E-state index in [0.717, 1.165) is 18.5 Å². The molecule has 4 heteroatoms. The number of amides is 1. The average Bonchev–Trinajstić information content (AvgIpc) is 2.44. The summed E-state index contributed by atoms with van der Waals surface area (Å²) >= 11 is 0. The molecule has 0 saturated carbocycles. The zero-order valence-corrected chi connectivity index (χ0v) is 10.4. The highest BCUT2D eigenvalue weighted by atomic mass is 16.2. The molecule has 1 aliphatic heterocycles. The number of nitrogens with one attached hydrogen (secondary N) is 1. The lowest BCUT2D eigenvalue weighted by atomic mass is 10.2. The van der Waals surface area contributed by atoms with Gasteiger partial charge in [-0.25, -0.2) is 0 Å². The van der Waals surface area contributed by atoms with Gasteiger partial charge in [0.05, 0.1) is 6.04 Å². The summed E-state index contributed by atoms with van der Waals surface area (Å²) in [5.41, 5.74) is 1.13. The Hall–Kier alpha value is -1.42. The third-order valence-electron chi connectivity index (χ3n) is 3.17. The molecule has 0 aromatic carbocycles. The van der Waals surface area contributed by atoms with Crippen molar-refractivity contribution >= 4 is 5.91 Å². The highest BCUT2D eigenvalue weighted by Gasteiger charge is 2.25. The first-order valence-corrected chi connectivity index (χ1v) is 6.10. The molecule has 2 rings (SSSR count). The molecule has 1 aromatic heterocycles. The van der Waals surface area contributed by atoms with Crippen LogP contribution in [0, 0.1) is 0 Å². The fourth-order valence-electron chi connectivity index (χ4n) is 2.18. The molecule has 1 saturated heterocycles. The molecular weight excluding hydrogens is 214 g/mol. The van der Waals surface area contributed by atoms with E-state index in [0.29, 0.717) is 12.6 Å². The van der Waals surface area contributed by atoms with Crippen LogP contribution in [0.5, 0.6) is 0 Å². The SMILES string of the molecule is CC1CCN(Cc2ccncc2)C(=O)C(C)N1. The van der Waals surface area contributed by atoms with E-state index in [1.54, 1.807) is 12.4 Å². The van der Waals surface area contributed by atoms with Gasteiger partial charge >= 0.3 is 0 Å². The molecule has 1 aliphatic rings. The van der Waals surface area contributed by atoms with Crippen molar-refractivity contribution in [2.24, 2.45) is 0 Å². The van der Waals surface area contributed by atoms with Crippen molar-refractivity contribution in [2.75, 3.05) is 6.54 Å². The van der Waals surface area contributed by atoms with E-state index in [9.17, 15) is 4.79 Å². The molecule has 2 unspecified atom stereocenters. The van der Waals surface area contributed by atoms with Gasteiger partial charge in [0, 0.05) is 31.5 Å². The highest BCUT2D eigenvalue weighted by Crippen LogP contribution is 2.11. The Labute approximate surface area is 102 Å². The summed E-state index contributed by atoms with van der Waals surface area (Å²) in [6.07, 6.45) is 4.53. The third-order valence-corrected chi connectivity index (χ3v) is 3.17. The molecule has 17 heavy (non-hydrogen) atoms. The maximum atomic E-state index is 12.1. The van der Waals surface area contributed by atoms with Gasteiger partial charge in [-0.05, 0) is 38.0 Å². The Balaban J connectivity index is 2.07. The lowest BCUT2D eigenvalue weighted by molar-refractivity contribution is -0.132. The zero-order valence-electron chi connectivity index (χ0n) is 10.4. The summed E-state index contributed by atoms with van der Waals surface area (Å²) < 4.78 is 0. The summed E-state index contributed by atoms with van der Waals surface area (Å²) in [7, 11) is 0. The smallest absolute Gasteiger partial charge is 0.239 e. The van der Waals surface area contributed by atoms with Gasteiger partial charge in [-0.3, -0.25) is 9.78 Å². The van der Waals surface area contributed by atoms with Crippen LogP contribution in [0.15, 0.2) is 24.5 Å². The second kappa shape index (κ2) is 5.27. The van der Waals surface area contributed by atoms with Crippen molar-refractivity contribution in [3.63, 3.8) is 0 Å². The predicted octanol–water partition coefficient (Wildman–Crippen LogP) is 1.18. The second-order valence-corrected chi connectivity index (χ2v) is 4.69. The molecule has 1 fully saturated rings. The molecule has 1 aromatic rings. The van der Waals surface area contributed by atoms with Crippen molar-refractivity contribution < 1.29 is 4.79 Å². The standard InChI is InChI=1S/C13H19N3O/c1-10-5-8-16(13(17)11(2)15-10)9-12-3-6-14-7-4-12/h3-4,6-7,10-11,15H,5,8-9H2,1-2H3. The third kappa shape index (κ3) is 3.03. The highest BCUT2D eigenvalue weighted by molar-refractivity contribution is 5.81. The number of hydrogen-bond donors (Lipinski definition) is 1. The van der Waals surface area contributed by atoms with Gasteiger partial charge in [0.25, 0.3) is 0 Å². The second-order valence-electron chi connectivity index (χ2n) is 4.69. The number of aromatic nitrogens is 1. The minimum atomic E-state index is -0.0886. The van der Waals surface area contributed by atoms with Crippen molar-refractivity contribution in [1.29, 1.82) is 0 Å². The molecular formula is C13H19N3O. The molecule has 0 radical (unpaired) electrons. The summed E-state index contributed by atoms with van der Waals surface area (Å²) in [6, 6.07) is 4.23. The van der Waals surface area contributed by atoms with Crippen LogP contribution in [0.2, 0.25) is 0 Å². The molecule has 1 N–H and O–H groups in total. The molecule has 92 valence electrons. The summed E-state index contributed by atoms with van der Waals surface area (Å²) in [5, 5.41) is 3.30. The normalized spacial score (nSPS) is 25.8. The minimum absolute atomic E-state index is 0.0886. The van der Waals surface area contributed by atoms with Gasteiger partial charge in [0.15, 0.2) is 0 Å². The van der Waals surface area contributed by atoms with Crippen LogP contribution in [-0.4, -0.2) is 34.4 Å². The number of pyridine rings is 1. The zero-order chi connectivity index (χ0) is 12.3. The number of carbonyl (C=O) groups is 1. The molecule has 2 heterocycles. The minimum Gasteiger partial charge on any atom is -0.337 e. The van der Waals surface area contributed by atoms with Gasteiger partial charge < -0.3 is 10.2 Å². The Kier molecular flexibility index (Phi) is 3.74. The van der Waals surface area contributed by atoms with Crippen LogP contribution >= 0.6 is 0 Å². The monoisotopic (exact) mass is 233 g/mol. The number of nitrogens with zero attached hydrogens (tertiary/aromatic N) is 2. The van der Waals surface area contributed by atoms with Crippen molar-refractivity contribution in [3.05, 3.63) is 30.1 Å². The van der Waals surface area contributed by atoms with Crippen molar-refractivity contribution in [1.82, 2.24) is 15.2 Å². The van der Waals surface area contributed by atoms with E-state index >= 15 is 0 Å². The molecule has 0 bridgehead atoms. The van der Waals surface area contributed by atoms with E-state index < -0.39 is 0 Å². The van der Waals surface area contributed by atoms with Crippen LogP contribution in [-0.2, 0) is 11.3 Å². The predicted molar refractivity (Wildman–Crippen MR) is 66.3 cm³/mol. The number of hydrogen-bond acceptors (Lipinski definition) is 3. The first kappa shape index (κ1) is 12.0. The van der Waals surface area contributed by atoms with Crippen molar-refractivity contribution in [3.8, 4) is 0 Å². The van der Waals surface area contributed by atoms with Crippen LogP contribution in [0.3, 0.4) is 0 Å². The fourth-order valence-corrected chi connectivity index (χ4v) is 2.18.